The molecule has 0 saturated carbocycles. The van der Waals surface area contributed by atoms with Gasteiger partial charge in [0.1, 0.15) is 5.82 Å². The van der Waals surface area contributed by atoms with E-state index in [9.17, 15) is 9.18 Å². The molecule has 3 aromatic rings. The summed E-state index contributed by atoms with van der Waals surface area (Å²) in [4.78, 5) is 21.8. The summed E-state index contributed by atoms with van der Waals surface area (Å²) in [6.07, 6.45) is 7.93. The van der Waals surface area contributed by atoms with Crippen molar-refractivity contribution in [3.8, 4) is 5.69 Å². The lowest BCUT2D eigenvalue weighted by atomic mass is 9.97. The fraction of sp³-hybridized carbons (Fsp3) is 0.481. The third-order valence-electron chi connectivity index (χ3n) is 6.95. The zero-order valence-electron chi connectivity index (χ0n) is 20.9. The Balaban J connectivity index is 1.76. The molecule has 1 fully saturated rings. The second-order valence-corrected chi connectivity index (χ2v) is 10.1. The molecule has 7 heteroatoms. The fourth-order valence-electron chi connectivity index (χ4n) is 5.07. The van der Waals surface area contributed by atoms with E-state index >= 15 is 0 Å². The van der Waals surface area contributed by atoms with Crippen LogP contribution >= 0.6 is 0 Å². The number of aromatic nitrogens is 2. The minimum Gasteiger partial charge on any atom is -0.339 e. The van der Waals surface area contributed by atoms with Crippen molar-refractivity contribution in [2.24, 2.45) is 11.7 Å². The van der Waals surface area contributed by atoms with Gasteiger partial charge >= 0.3 is 0 Å². The molecule has 182 valence electrons. The lowest BCUT2D eigenvalue weighted by Gasteiger charge is -2.23. The highest BCUT2D eigenvalue weighted by atomic mass is 19.1. The Morgan fingerprint density at radius 2 is 2.06 bits per heavy atom. The van der Waals surface area contributed by atoms with Crippen LogP contribution in [0.3, 0.4) is 0 Å². The van der Waals surface area contributed by atoms with E-state index in [-0.39, 0.29) is 18.0 Å². The van der Waals surface area contributed by atoms with Gasteiger partial charge in [-0.2, -0.15) is 0 Å². The van der Waals surface area contributed by atoms with Gasteiger partial charge in [0.2, 0.25) is 0 Å². The summed E-state index contributed by atoms with van der Waals surface area (Å²) in [7, 11) is 1.75. The Labute approximate surface area is 201 Å². The van der Waals surface area contributed by atoms with Gasteiger partial charge in [0, 0.05) is 50.0 Å². The van der Waals surface area contributed by atoms with Crippen molar-refractivity contribution in [2.45, 2.75) is 52.6 Å². The molecular weight excluding hydrogens is 429 g/mol. The summed E-state index contributed by atoms with van der Waals surface area (Å²) in [5, 5.41) is 1.17. The maximum atomic E-state index is 14.3. The molecule has 0 bridgehead atoms. The van der Waals surface area contributed by atoms with Crippen molar-refractivity contribution in [3.63, 3.8) is 0 Å². The van der Waals surface area contributed by atoms with Gasteiger partial charge in [-0.15, -0.1) is 0 Å². The first-order chi connectivity index (χ1) is 16.2. The molecule has 2 N–H and O–H groups in total. The lowest BCUT2D eigenvalue weighted by molar-refractivity contribution is 0.0754. The van der Waals surface area contributed by atoms with Crippen LogP contribution in [0.4, 0.5) is 4.39 Å². The Morgan fingerprint density at radius 1 is 1.29 bits per heavy atom. The van der Waals surface area contributed by atoms with Crippen LogP contribution in [0.5, 0.6) is 0 Å². The summed E-state index contributed by atoms with van der Waals surface area (Å²) in [5.74, 6) is -0.0713. The Bertz CT molecular complexity index is 1190. The molecule has 1 unspecified atom stereocenters. The Hall–Kier alpha value is -2.77. The monoisotopic (exact) mass is 465 g/mol. The third kappa shape index (κ3) is 4.86. The number of nitrogens with two attached hydrogens (primary N) is 1. The first-order valence-corrected chi connectivity index (χ1v) is 12.1. The number of halogens is 1. The average Bonchev–Trinajstić information content (AvgIpc) is 3.37. The predicted octanol–water partition coefficient (Wildman–Crippen LogP) is 4.17. The highest BCUT2D eigenvalue weighted by molar-refractivity contribution is 5.99. The maximum Gasteiger partial charge on any atom is 0.256 e. The molecule has 1 amide bonds. The van der Waals surface area contributed by atoms with Crippen molar-refractivity contribution < 1.29 is 9.18 Å². The zero-order valence-corrected chi connectivity index (χ0v) is 20.9. The topological polar surface area (TPSA) is 67.4 Å². The van der Waals surface area contributed by atoms with Crippen molar-refractivity contribution in [2.75, 3.05) is 26.7 Å². The van der Waals surface area contributed by atoms with Gasteiger partial charge in [-0.3, -0.25) is 9.78 Å². The fourth-order valence-corrected chi connectivity index (χ4v) is 5.07. The highest BCUT2D eigenvalue weighted by Crippen LogP contribution is 2.32. The predicted molar refractivity (Wildman–Crippen MR) is 135 cm³/mol. The number of pyridine rings is 1. The molecule has 1 aliphatic heterocycles. The summed E-state index contributed by atoms with van der Waals surface area (Å²) in [6.45, 7) is 11.1. The van der Waals surface area contributed by atoms with Crippen LogP contribution in [0.2, 0.25) is 0 Å². The Morgan fingerprint density at radius 3 is 2.76 bits per heavy atom. The minimum absolute atomic E-state index is 0.00560. The van der Waals surface area contributed by atoms with Gasteiger partial charge in [0.15, 0.2) is 0 Å². The third-order valence-corrected chi connectivity index (χ3v) is 6.95. The smallest absolute Gasteiger partial charge is 0.256 e. The summed E-state index contributed by atoms with van der Waals surface area (Å²) >= 11 is 0. The van der Waals surface area contributed by atoms with E-state index in [4.69, 9.17) is 5.73 Å². The van der Waals surface area contributed by atoms with Gasteiger partial charge in [0.05, 0.1) is 23.0 Å². The van der Waals surface area contributed by atoms with Crippen LogP contribution < -0.4 is 5.73 Å². The summed E-state index contributed by atoms with van der Waals surface area (Å²) in [5.41, 5.74) is 10.3. The van der Waals surface area contributed by atoms with Gasteiger partial charge < -0.3 is 20.1 Å². The number of fused-ring (bicyclic) bond motifs is 1. The molecule has 34 heavy (non-hydrogen) atoms. The molecule has 2 atom stereocenters. The van der Waals surface area contributed by atoms with Gasteiger partial charge in [-0.1, -0.05) is 0 Å². The number of hydrogen-bond donors (Lipinski definition) is 1. The van der Waals surface area contributed by atoms with Gasteiger partial charge in [-0.25, -0.2) is 4.39 Å². The normalized spacial score (nSPS) is 17.6. The standard InChI is InChI=1S/C27H36FN5O/c1-17(2)31(5)27(34)23-11-22(28)6-7-24(23)33-16-21(26-18(3)12-30-13-25(26)33)10-20-8-9-32(15-20)14-19(4)29/h6-7,11-13,16-17,19-20H,8-10,14-15,29H2,1-5H3/t19?,20-/m1/s1. The number of nitrogens with zero attached hydrogens (tertiary/aromatic N) is 4. The summed E-state index contributed by atoms with van der Waals surface area (Å²) in [6, 6.07) is 4.63. The number of aryl methyl sites for hydroxylation is 1. The van der Waals surface area contributed by atoms with Crippen LogP contribution in [-0.4, -0.2) is 64.0 Å². The SMILES string of the molecule is Cc1cncc2c1c(C[C@H]1CCN(CC(C)N)C1)cn2-c1ccc(F)cc1C(=O)N(C)C(C)C. The second-order valence-electron chi connectivity index (χ2n) is 10.1. The molecule has 2 aromatic heterocycles. The molecule has 1 aliphatic rings. The molecule has 0 radical (unpaired) electrons. The Kier molecular flexibility index (Phi) is 7.05. The first kappa shape index (κ1) is 24.4. The van der Waals surface area contributed by atoms with Crippen LogP contribution in [0.15, 0.2) is 36.8 Å². The molecular formula is C27H36FN5O. The average molecular weight is 466 g/mol. The van der Waals surface area contributed by atoms with E-state index in [1.165, 1.54) is 23.1 Å². The van der Waals surface area contributed by atoms with Crippen LogP contribution in [0.1, 0.15) is 48.7 Å². The van der Waals surface area contributed by atoms with E-state index < -0.39 is 5.82 Å². The first-order valence-electron chi connectivity index (χ1n) is 12.1. The molecule has 3 heterocycles. The highest BCUT2D eigenvalue weighted by Gasteiger charge is 2.26. The van der Waals surface area contributed by atoms with Crippen molar-refractivity contribution in [1.29, 1.82) is 0 Å². The lowest BCUT2D eigenvalue weighted by Crippen LogP contribution is -2.34. The zero-order chi connectivity index (χ0) is 24.6. The van der Waals surface area contributed by atoms with Gasteiger partial charge in [0.25, 0.3) is 5.91 Å². The number of amides is 1. The van der Waals surface area contributed by atoms with E-state index in [1.807, 2.05) is 30.8 Å². The van der Waals surface area contributed by atoms with E-state index in [2.05, 4.69) is 29.9 Å². The van der Waals surface area contributed by atoms with Gasteiger partial charge in [-0.05, 0) is 82.3 Å². The van der Waals surface area contributed by atoms with Crippen LogP contribution in [0, 0.1) is 18.7 Å². The van der Waals surface area contributed by atoms with E-state index in [1.54, 1.807) is 18.0 Å². The largest absolute Gasteiger partial charge is 0.339 e. The molecule has 1 saturated heterocycles. The number of carbonyl (C=O) groups excluding carboxylic acids is 1. The summed E-state index contributed by atoms with van der Waals surface area (Å²) < 4.78 is 16.3. The van der Waals surface area contributed by atoms with Crippen LogP contribution in [-0.2, 0) is 6.42 Å². The minimum atomic E-state index is -0.421. The molecule has 6 nitrogen and oxygen atoms in total. The number of hydrogen-bond acceptors (Lipinski definition) is 4. The molecule has 1 aromatic carbocycles. The van der Waals surface area contributed by atoms with Crippen molar-refractivity contribution in [1.82, 2.24) is 19.4 Å². The van der Waals surface area contributed by atoms with Crippen LogP contribution in [0.25, 0.3) is 16.6 Å². The number of benzene rings is 1. The number of rotatable bonds is 7. The molecule has 4 rings (SSSR count). The second kappa shape index (κ2) is 9.84. The van der Waals surface area contributed by atoms with Crippen molar-refractivity contribution >= 4 is 16.8 Å². The van der Waals surface area contributed by atoms with E-state index in [0.29, 0.717) is 17.2 Å². The van der Waals surface area contributed by atoms with Crippen molar-refractivity contribution in [3.05, 3.63) is 59.3 Å². The number of carbonyl (C=O) groups is 1. The van der Waals surface area contributed by atoms with E-state index in [0.717, 1.165) is 43.6 Å². The quantitative estimate of drug-likeness (QED) is 0.569. The maximum absolute atomic E-state index is 14.3. The number of likely N-dealkylation sites (tertiary alicyclic amines) is 1. The molecule has 0 spiro atoms. The molecule has 0 aliphatic carbocycles.